The molecule has 0 radical (unpaired) electrons. The van der Waals surface area contributed by atoms with E-state index in [1.807, 2.05) is 0 Å². The molecule has 1 aromatic heterocycles. The van der Waals surface area contributed by atoms with Gasteiger partial charge in [-0.05, 0) is 19.3 Å². The monoisotopic (exact) mass is 241 g/mol. The number of piperidine rings is 1. The van der Waals surface area contributed by atoms with Crippen molar-refractivity contribution in [3.63, 3.8) is 0 Å². The van der Waals surface area contributed by atoms with E-state index in [9.17, 15) is 0 Å². The van der Waals surface area contributed by atoms with E-state index >= 15 is 0 Å². The molecule has 7 heteroatoms. The first kappa shape index (κ1) is 11.6. The molecular formula is C9H13BClN3O2. The number of aromatic nitrogens is 2. The minimum atomic E-state index is -1.62. The minimum absolute atomic E-state index is 0.102. The summed E-state index contributed by atoms with van der Waals surface area (Å²) in [6.07, 6.45) is 4.86. The summed E-state index contributed by atoms with van der Waals surface area (Å²) in [4.78, 5) is 10.2. The molecule has 0 unspecified atom stereocenters. The van der Waals surface area contributed by atoms with Gasteiger partial charge in [-0.25, -0.2) is 9.97 Å². The van der Waals surface area contributed by atoms with Crippen LogP contribution in [0.15, 0.2) is 6.20 Å². The molecule has 2 heterocycles. The molecule has 0 bridgehead atoms. The highest BCUT2D eigenvalue weighted by Gasteiger charge is 2.20. The van der Waals surface area contributed by atoms with E-state index in [4.69, 9.17) is 21.6 Å². The fraction of sp³-hybridized carbons (Fsp3) is 0.556. The number of halogens is 1. The van der Waals surface area contributed by atoms with Crippen molar-refractivity contribution in [2.24, 2.45) is 0 Å². The normalized spacial score (nSPS) is 16.3. The number of anilines is 1. The lowest BCUT2D eigenvalue weighted by atomic mass is 9.83. The van der Waals surface area contributed by atoms with Crippen molar-refractivity contribution in [2.45, 2.75) is 19.3 Å². The van der Waals surface area contributed by atoms with Crippen molar-refractivity contribution in [1.82, 2.24) is 9.97 Å². The number of rotatable bonds is 2. The van der Waals surface area contributed by atoms with Gasteiger partial charge in [0.05, 0.1) is 0 Å². The third kappa shape index (κ3) is 2.45. The van der Waals surface area contributed by atoms with E-state index in [0.717, 1.165) is 25.9 Å². The van der Waals surface area contributed by atoms with Crippen LogP contribution in [0.5, 0.6) is 0 Å². The number of hydrogen-bond acceptors (Lipinski definition) is 5. The van der Waals surface area contributed by atoms with Gasteiger partial charge in [-0.2, -0.15) is 0 Å². The van der Waals surface area contributed by atoms with Gasteiger partial charge < -0.3 is 14.9 Å². The summed E-state index contributed by atoms with van der Waals surface area (Å²) in [6.45, 7) is 1.86. The molecule has 0 aliphatic carbocycles. The number of hydrogen-bond donors (Lipinski definition) is 2. The van der Waals surface area contributed by atoms with Crippen LogP contribution in [0.3, 0.4) is 0 Å². The van der Waals surface area contributed by atoms with Crippen LogP contribution in [-0.2, 0) is 0 Å². The Morgan fingerprint density at radius 3 is 2.50 bits per heavy atom. The van der Waals surface area contributed by atoms with Crippen molar-refractivity contribution in [2.75, 3.05) is 18.0 Å². The fourth-order valence-electron chi connectivity index (χ4n) is 1.78. The van der Waals surface area contributed by atoms with Crippen molar-refractivity contribution in [3.05, 3.63) is 11.3 Å². The highest BCUT2D eigenvalue weighted by Crippen LogP contribution is 2.16. The van der Waals surface area contributed by atoms with Crippen LogP contribution in [0.1, 0.15) is 19.3 Å². The second-order valence-corrected chi connectivity index (χ2v) is 4.20. The second kappa shape index (κ2) is 4.99. The Balaban J connectivity index is 2.19. The maximum absolute atomic E-state index is 8.98. The highest BCUT2D eigenvalue weighted by molar-refractivity contribution is 6.62. The molecule has 1 aliphatic rings. The van der Waals surface area contributed by atoms with Crippen LogP contribution >= 0.6 is 11.6 Å². The molecule has 86 valence electrons. The van der Waals surface area contributed by atoms with E-state index in [0.29, 0.717) is 5.95 Å². The van der Waals surface area contributed by atoms with Crippen LogP contribution in [0.4, 0.5) is 5.95 Å². The largest absolute Gasteiger partial charge is 0.493 e. The summed E-state index contributed by atoms with van der Waals surface area (Å²) in [7, 11) is -1.62. The maximum atomic E-state index is 8.98. The molecule has 2 N–H and O–H groups in total. The van der Waals surface area contributed by atoms with Gasteiger partial charge in [-0.15, -0.1) is 0 Å². The lowest BCUT2D eigenvalue weighted by molar-refractivity contribution is 0.425. The van der Waals surface area contributed by atoms with Crippen molar-refractivity contribution in [3.8, 4) is 0 Å². The first-order valence-electron chi connectivity index (χ1n) is 5.32. The molecule has 0 amide bonds. The first-order chi connectivity index (χ1) is 7.68. The zero-order valence-corrected chi connectivity index (χ0v) is 9.56. The smallest absolute Gasteiger partial charge is 0.423 e. The summed E-state index contributed by atoms with van der Waals surface area (Å²) >= 11 is 5.85. The van der Waals surface area contributed by atoms with Gasteiger partial charge >= 0.3 is 7.12 Å². The van der Waals surface area contributed by atoms with Crippen LogP contribution < -0.4 is 10.4 Å². The second-order valence-electron chi connectivity index (χ2n) is 3.84. The zero-order chi connectivity index (χ0) is 11.5. The molecule has 16 heavy (non-hydrogen) atoms. The Labute approximate surface area is 99.2 Å². The molecule has 1 saturated heterocycles. The topological polar surface area (TPSA) is 69.5 Å². The van der Waals surface area contributed by atoms with E-state index in [1.54, 1.807) is 0 Å². The molecule has 0 saturated carbocycles. The molecule has 1 aromatic rings. The quantitative estimate of drug-likeness (QED) is 0.554. The van der Waals surface area contributed by atoms with Crippen LogP contribution in [0.2, 0.25) is 5.15 Å². The van der Waals surface area contributed by atoms with Crippen molar-refractivity contribution < 1.29 is 10.0 Å². The zero-order valence-electron chi connectivity index (χ0n) is 8.80. The average molecular weight is 241 g/mol. The Kier molecular flexibility index (Phi) is 3.63. The fourth-order valence-corrected chi connectivity index (χ4v) is 2.00. The highest BCUT2D eigenvalue weighted by atomic mass is 35.5. The third-order valence-corrected chi connectivity index (χ3v) is 2.98. The SMILES string of the molecule is OB(O)c1cnc(N2CCCCC2)nc1Cl. The molecule has 0 spiro atoms. The molecule has 0 aromatic carbocycles. The molecule has 1 aliphatic heterocycles. The average Bonchev–Trinajstić information content (AvgIpc) is 2.29. The summed E-state index contributed by atoms with van der Waals surface area (Å²) in [5.74, 6) is 0.564. The lowest BCUT2D eigenvalue weighted by Crippen LogP contribution is -2.35. The summed E-state index contributed by atoms with van der Waals surface area (Å²) < 4.78 is 0. The predicted octanol–water partition coefficient (Wildman–Crippen LogP) is -0.200. The molecule has 5 nitrogen and oxygen atoms in total. The van der Waals surface area contributed by atoms with E-state index in [1.165, 1.54) is 12.6 Å². The lowest BCUT2D eigenvalue weighted by Gasteiger charge is -2.26. The summed E-state index contributed by atoms with van der Waals surface area (Å²) in [5.41, 5.74) is 0.141. The van der Waals surface area contributed by atoms with Crippen LogP contribution in [-0.4, -0.2) is 40.2 Å². The van der Waals surface area contributed by atoms with Gasteiger partial charge in [0.1, 0.15) is 5.15 Å². The van der Waals surface area contributed by atoms with Gasteiger partial charge in [0.2, 0.25) is 5.95 Å². The van der Waals surface area contributed by atoms with Gasteiger partial charge in [0.25, 0.3) is 0 Å². The summed E-state index contributed by atoms with van der Waals surface area (Å²) in [6, 6.07) is 0. The number of nitrogens with zero attached hydrogens (tertiary/aromatic N) is 3. The first-order valence-corrected chi connectivity index (χ1v) is 5.70. The molecular weight excluding hydrogens is 228 g/mol. The Morgan fingerprint density at radius 1 is 1.25 bits per heavy atom. The van der Waals surface area contributed by atoms with Gasteiger partial charge in [0, 0.05) is 24.7 Å². The maximum Gasteiger partial charge on any atom is 0.493 e. The van der Waals surface area contributed by atoms with Gasteiger partial charge in [0.15, 0.2) is 0 Å². The van der Waals surface area contributed by atoms with Crippen LogP contribution in [0.25, 0.3) is 0 Å². The van der Waals surface area contributed by atoms with Crippen molar-refractivity contribution >= 4 is 30.1 Å². The molecule has 2 rings (SSSR count). The van der Waals surface area contributed by atoms with E-state index in [-0.39, 0.29) is 10.6 Å². The van der Waals surface area contributed by atoms with E-state index in [2.05, 4.69) is 14.9 Å². The molecule has 1 fully saturated rings. The predicted molar refractivity (Wildman–Crippen MR) is 62.9 cm³/mol. The third-order valence-electron chi connectivity index (χ3n) is 2.67. The van der Waals surface area contributed by atoms with Crippen LogP contribution in [0, 0.1) is 0 Å². The van der Waals surface area contributed by atoms with E-state index < -0.39 is 7.12 Å². The minimum Gasteiger partial charge on any atom is -0.423 e. The van der Waals surface area contributed by atoms with Gasteiger partial charge in [-0.1, -0.05) is 11.6 Å². The summed E-state index contributed by atoms with van der Waals surface area (Å²) in [5, 5.41) is 18.1. The van der Waals surface area contributed by atoms with Gasteiger partial charge in [-0.3, -0.25) is 0 Å². The molecule has 0 atom stereocenters. The Morgan fingerprint density at radius 2 is 1.94 bits per heavy atom. The Bertz CT molecular complexity index is 372. The standard InChI is InChI=1S/C9H13BClN3O2/c11-8-7(10(15)16)6-12-9(13-8)14-4-2-1-3-5-14/h6,15-16H,1-5H2. The van der Waals surface area contributed by atoms with Crippen molar-refractivity contribution in [1.29, 1.82) is 0 Å². The Hall–Kier alpha value is -0.845.